The van der Waals surface area contributed by atoms with E-state index in [-0.39, 0.29) is 0 Å². The highest BCUT2D eigenvalue weighted by Gasteiger charge is 2.13. The van der Waals surface area contributed by atoms with E-state index in [2.05, 4.69) is 47.6 Å². The second kappa shape index (κ2) is 8.99. The van der Waals surface area contributed by atoms with E-state index in [1.807, 2.05) is 31.3 Å². The molecular formula is C25H28N2O2. The minimum Gasteiger partial charge on any atom is -0.494 e. The summed E-state index contributed by atoms with van der Waals surface area (Å²) in [4.78, 5) is 4.41. The Labute approximate surface area is 172 Å². The van der Waals surface area contributed by atoms with Gasteiger partial charge in [-0.25, -0.2) is 0 Å². The fraction of sp³-hybridized carbons (Fsp3) is 0.320. The minimum atomic E-state index is 0.440. The molecule has 0 radical (unpaired) electrons. The summed E-state index contributed by atoms with van der Waals surface area (Å²) < 4.78 is 12.0. The van der Waals surface area contributed by atoms with Gasteiger partial charge in [0, 0.05) is 24.0 Å². The predicted molar refractivity (Wildman–Crippen MR) is 118 cm³/mol. The Morgan fingerprint density at radius 2 is 1.93 bits per heavy atom. The van der Waals surface area contributed by atoms with Crippen molar-refractivity contribution in [3.8, 4) is 22.6 Å². The monoisotopic (exact) mass is 388 g/mol. The van der Waals surface area contributed by atoms with Gasteiger partial charge in [-0.15, -0.1) is 0 Å². The second-order valence-electron chi connectivity index (χ2n) is 7.46. The summed E-state index contributed by atoms with van der Waals surface area (Å²) in [7, 11) is 0. The molecule has 1 aliphatic rings. The topological polar surface area (TPSA) is 43.4 Å². The molecule has 4 heteroatoms. The maximum absolute atomic E-state index is 6.20. The van der Waals surface area contributed by atoms with Crippen LogP contribution in [0.25, 0.3) is 11.1 Å². The van der Waals surface area contributed by atoms with E-state index in [4.69, 9.17) is 9.47 Å². The number of nitrogens with one attached hydrogen (secondary N) is 1. The lowest BCUT2D eigenvalue weighted by Crippen LogP contribution is -2.01. The highest BCUT2D eigenvalue weighted by atomic mass is 16.5. The Bertz CT molecular complexity index is 984. The zero-order valence-electron chi connectivity index (χ0n) is 17.2. The zero-order chi connectivity index (χ0) is 20.1. The molecule has 1 N–H and O–H groups in total. The summed E-state index contributed by atoms with van der Waals surface area (Å²) in [6, 6.07) is 16.7. The summed E-state index contributed by atoms with van der Waals surface area (Å²) >= 11 is 0. The Morgan fingerprint density at radius 3 is 2.79 bits per heavy atom. The first-order chi connectivity index (χ1) is 14.2. The standard InChI is InChI=1S/C25H28N2O2/c1-3-28-22-8-10-25(29-17-21-14-18(2)11-13-26-21)23(16-22)19-7-9-24-20(15-19)6-4-5-12-27-24/h7-11,13-16,27H,3-6,12,17H2,1-2H3. The normalized spacial score (nSPS) is 13.2. The molecule has 0 aliphatic carbocycles. The highest BCUT2D eigenvalue weighted by Crippen LogP contribution is 2.36. The van der Waals surface area contributed by atoms with E-state index < -0.39 is 0 Å². The van der Waals surface area contributed by atoms with E-state index in [0.29, 0.717) is 13.2 Å². The first kappa shape index (κ1) is 19.3. The molecule has 4 rings (SSSR count). The van der Waals surface area contributed by atoms with Crippen molar-refractivity contribution in [1.29, 1.82) is 0 Å². The van der Waals surface area contributed by atoms with Gasteiger partial charge in [0.25, 0.3) is 0 Å². The van der Waals surface area contributed by atoms with Crippen LogP contribution < -0.4 is 14.8 Å². The van der Waals surface area contributed by atoms with Crippen molar-refractivity contribution in [2.75, 3.05) is 18.5 Å². The number of rotatable bonds is 6. The fourth-order valence-electron chi connectivity index (χ4n) is 3.75. The SMILES string of the molecule is CCOc1ccc(OCc2cc(C)ccn2)c(-c2ccc3c(c2)CCCCN3)c1. The van der Waals surface area contributed by atoms with Gasteiger partial charge in [-0.1, -0.05) is 6.07 Å². The average Bonchev–Trinajstić information content (AvgIpc) is 2.98. The Morgan fingerprint density at radius 1 is 1.00 bits per heavy atom. The largest absolute Gasteiger partial charge is 0.494 e. The summed E-state index contributed by atoms with van der Waals surface area (Å²) in [6.07, 6.45) is 5.35. The first-order valence-corrected chi connectivity index (χ1v) is 10.4. The lowest BCUT2D eigenvalue weighted by atomic mass is 9.98. The lowest BCUT2D eigenvalue weighted by molar-refractivity contribution is 0.300. The third kappa shape index (κ3) is 4.70. The lowest BCUT2D eigenvalue weighted by Gasteiger charge is -2.16. The Kier molecular flexibility index (Phi) is 5.99. The van der Waals surface area contributed by atoms with Gasteiger partial charge in [0.05, 0.1) is 12.3 Å². The van der Waals surface area contributed by atoms with Crippen molar-refractivity contribution >= 4 is 5.69 Å². The molecule has 3 aromatic rings. The predicted octanol–water partition coefficient (Wildman–Crippen LogP) is 5.78. The third-order valence-corrected chi connectivity index (χ3v) is 5.21. The van der Waals surface area contributed by atoms with Crippen LogP contribution in [-0.2, 0) is 13.0 Å². The van der Waals surface area contributed by atoms with Crippen molar-refractivity contribution in [3.63, 3.8) is 0 Å². The summed E-state index contributed by atoms with van der Waals surface area (Å²) in [5.41, 5.74) is 6.93. The average molecular weight is 389 g/mol. The number of fused-ring (bicyclic) bond motifs is 1. The van der Waals surface area contributed by atoms with Crippen LogP contribution in [0.2, 0.25) is 0 Å². The molecule has 150 valence electrons. The molecule has 0 fully saturated rings. The number of ether oxygens (including phenoxy) is 2. The van der Waals surface area contributed by atoms with Crippen LogP contribution in [0.5, 0.6) is 11.5 Å². The minimum absolute atomic E-state index is 0.440. The van der Waals surface area contributed by atoms with E-state index in [9.17, 15) is 0 Å². The van der Waals surface area contributed by atoms with Gasteiger partial charge < -0.3 is 14.8 Å². The number of pyridine rings is 1. The number of anilines is 1. The maximum atomic E-state index is 6.20. The van der Waals surface area contributed by atoms with Crippen LogP contribution in [0.3, 0.4) is 0 Å². The number of nitrogens with zero attached hydrogens (tertiary/aromatic N) is 1. The molecule has 0 saturated carbocycles. The molecule has 0 atom stereocenters. The number of benzene rings is 2. The molecule has 2 aromatic carbocycles. The van der Waals surface area contributed by atoms with Crippen molar-refractivity contribution in [2.45, 2.75) is 39.7 Å². The molecule has 0 amide bonds. The Hall–Kier alpha value is -3.01. The quantitative estimate of drug-likeness (QED) is 0.581. The smallest absolute Gasteiger partial charge is 0.130 e. The second-order valence-corrected chi connectivity index (χ2v) is 7.46. The third-order valence-electron chi connectivity index (χ3n) is 5.21. The first-order valence-electron chi connectivity index (χ1n) is 10.4. The molecule has 0 saturated heterocycles. The molecule has 0 spiro atoms. The van der Waals surface area contributed by atoms with Gasteiger partial charge in [-0.2, -0.15) is 0 Å². The van der Waals surface area contributed by atoms with Crippen LogP contribution in [0.4, 0.5) is 5.69 Å². The van der Waals surface area contributed by atoms with Crippen LogP contribution >= 0.6 is 0 Å². The maximum Gasteiger partial charge on any atom is 0.130 e. The highest BCUT2D eigenvalue weighted by molar-refractivity contribution is 5.75. The summed E-state index contributed by atoms with van der Waals surface area (Å²) in [6.45, 7) is 6.19. The van der Waals surface area contributed by atoms with Crippen LogP contribution in [0, 0.1) is 6.92 Å². The molecule has 1 aromatic heterocycles. The van der Waals surface area contributed by atoms with Crippen LogP contribution in [0.1, 0.15) is 36.6 Å². The van der Waals surface area contributed by atoms with Gasteiger partial charge in [0.2, 0.25) is 0 Å². The van der Waals surface area contributed by atoms with Crippen molar-refractivity contribution in [1.82, 2.24) is 4.98 Å². The van der Waals surface area contributed by atoms with Crippen molar-refractivity contribution < 1.29 is 9.47 Å². The van der Waals surface area contributed by atoms with Gasteiger partial charge in [0.15, 0.2) is 0 Å². The zero-order valence-corrected chi connectivity index (χ0v) is 17.2. The fourth-order valence-corrected chi connectivity index (χ4v) is 3.75. The van der Waals surface area contributed by atoms with Crippen LogP contribution in [-0.4, -0.2) is 18.1 Å². The van der Waals surface area contributed by atoms with E-state index in [0.717, 1.165) is 41.3 Å². The Balaban J connectivity index is 1.66. The molecule has 0 bridgehead atoms. The molecule has 2 heterocycles. The molecule has 1 aliphatic heterocycles. The van der Waals surface area contributed by atoms with E-state index in [1.165, 1.54) is 29.7 Å². The van der Waals surface area contributed by atoms with Gasteiger partial charge >= 0.3 is 0 Å². The van der Waals surface area contributed by atoms with Crippen molar-refractivity contribution in [2.24, 2.45) is 0 Å². The number of hydrogen-bond donors (Lipinski definition) is 1. The molecule has 29 heavy (non-hydrogen) atoms. The number of aryl methyl sites for hydroxylation is 2. The van der Waals surface area contributed by atoms with E-state index >= 15 is 0 Å². The molecular weight excluding hydrogens is 360 g/mol. The molecule has 0 unspecified atom stereocenters. The summed E-state index contributed by atoms with van der Waals surface area (Å²) in [5, 5.41) is 3.54. The van der Waals surface area contributed by atoms with Gasteiger partial charge in [-0.3, -0.25) is 4.98 Å². The van der Waals surface area contributed by atoms with Crippen molar-refractivity contribution in [3.05, 3.63) is 71.5 Å². The molecule has 4 nitrogen and oxygen atoms in total. The van der Waals surface area contributed by atoms with Crippen LogP contribution in [0.15, 0.2) is 54.7 Å². The summed E-state index contributed by atoms with van der Waals surface area (Å²) in [5.74, 6) is 1.70. The number of aromatic nitrogens is 1. The van der Waals surface area contributed by atoms with Gasteiger partial charge in [0.1, 0.15) is 18.1 Å². The number of hydrogen-bond acceptors (Lipinski definition) is 4. The van der Waals surface area contributed by atoms with Gasteiger partial charge in [-0.05, 0) is 92.3 Å². The van der Waals surface area contributed by atoms with E-state index in [1.54, 1.807) is 0 Å².